The Morgan fingerprint density at radius 2 is 2.00 bits per heavy atom. The second kappa shape index (κ2) is 5.06. The van der Waals surface area contributed by atoms with Gasteiger partial charge in [0.1, 0.15) is 0 Å². The number of anilines is 1. The summed E-state index contributed by atoms with van der Waals surface area (Å²) in [4.78, 5) is 10.3. The van der Waals surface area contributed by atoms with Gasteiger partial charge in [0.05, 0.1) is 27.0 Å². The predicted octanol–water partition coefficient (Wildman–Crippen LogP) is 2.95. The molecule has 0 atom stereocenters. The number of nitrogen functional groups attached to an aromatic ring is 1. The van der Waals surface area contributed by atoms with Crippen molar-refractivity contribution in [3.05, 3.63) is 33.4 Å². The SMILES string of the molecule is Nc1c(OC=O)cnn1-c1ccc(Cl)c(Cl)c1Cl. The number of carbonyl (C=O) groups is 1. The molecule has 2 aromatic rings. The summed E-state index contributed by atoms with van der Waals surface area (Å²) in [5.41, 5.74) is 6.19. The van der Waals surface area contributed by atoms with Crippen molar-refractivity contribution in [1.82, 2.24) is 9.78 Å². The van der Waals surface area contributed by atoms with E-state index in [-0.39, 0.29) is 28.1 Å². The maximum absolute atomic E-state index is 10.3. The van der Waals surface area contributed by atoms with Crippen LogP contribution in [0.5, 0.6) is 5.75 Å². The van der Waals surface area contributed by atoms with E-state index in [2.05, 4.69) is 9.84 Å². The lowest BCUT2D eigenvalue weighted by Gasteiger charge is -2.08. The summed E-state index contributed by atoms with van der Waals surface area (Å²) in [6, 6.07) is 3.16. The van der Waals surface area contributed by atoms with Gasteiger partial charge in [-0.05, 0) is 12.1 Å². The molecule has 0 aliphatic heterocycles. The third-order valence-corrected chi connectivity index (χ3v) is 3.47. The number of aromatic nitrogens is 2. The Hall–Kier alpha value is -1.43. The molecule has 0 amide bonds. The average molecular weight is 307 g/mol. The van der Waals surface area contributed by atoms with Gasteiger partial charge in [-0.3, -0.25) is 4.79 Å². The summed E-state index contributed by atoms with van der Waals surface area (Å²) < 4.78 is 5.94. The maximum atomic E-state index is 10.3. The molecule has 18 heavy (non-hydrogen) atoms. The van der Waals surface area contributed by atoms with Crippen LogP contribution in [0.4, 0.5) is 5.82 Å². The van der Waals surface area contributed by atoms with Crippen molar-refractivity contribution >= 4 is 47.1 Å². The van der Waals surface area contributed by atoms with Gasteiger partial charge in [0.15, 0.2) is 11.6 Å². The maximum Gasteiger partial charge on any atom is 0.298 e. The van der Waals surface area contributed by atoms with Crippen molar-refractivity contribution in [3.63, 3.8) is 0 Å². The van der Waals surface area contributed by atoms with E-state index in [9.17, 15) is 4.79 Å². The Labute approximate surface area is 117 Å². The number of rotatable bonds is 3. The van der Waals surface area contributed by atoms with E-state index in [1.165, 1.54) is 10.9 Å². The first-order valence-electron chi connectivity index (χ1n) is 4.64. The molecular weight excluding hydrogens is 300 g/mol. The first-order valence-corrected chi connectivity index (χ1v) is 5.77. The Balaban J connectivity index is 2.56. The summed E-state index contributed by atoms with van der Waals surface area (Å²) in [6.07, 6.45) is 1.29. The molecule has 1 heterocycles. The Bertz CT molecular complexity index is 613. The molecule has 2 rings (SSSR count). The van der Waals surface area contributed by atoms with E-state index in [1.54, 1.807) is 12.1 Å². The molecule has 94 valence electrons. The number of ether oxygens (including phenoxy) is 1. The van der Waals surface area contributed by atoms with Gasteiger partial charge in [-0.25, -0.2) is 4.68 Å². The van der Waals surface area contributed by atoms with Crippen molar-refractivity contribution in [1.29, 1.82) is 0 Å². The van der Waals surface area contributed by atoms with Crippen LogP contribution < -0.4 is 10.5 Å². The molecule has 0 bridgehead atoms. The summed E-state index contributed by atoms with van der Waals surface area (Å²) in [5, 5.41) is 4.68. The number of benzene rings is 1. The van der Waals surface area contributed by atoms with Crippen molar-refractivity contribution < 1.29 is 9.53 Å². The standard InChI is InChI=1S/C10H6Cl3N3O2/c11-5-1-2-6(9(13)8(5)12)16-10(14)7(3-15-16)18-4-17/h1-4H,14H2. The highest BCUT2D eigenvalue weighted by Gasteiger charge is 2.15. The zero-order chi connectivity index (χ0) is 13.3. The van der Waals surface area contributed by atoms with Crippen molar-refractivity contribution in [2.75, 3.05) is 5.73 Å². The Morgan fingerprint density at radius 1 is 1.28 bits per heavy atom. The van der Waals surface area contributed by atoms with Crippen molar-refractivity contribution in [2.45, 2.75) is 0 Å². The zero-order valence-electron chi connectivity index (χ0n) is 8.73. The average Bonchev–Trinajstić information content (AvgIpc) is 2.70. The molecule has 0 aliphatic rings. The largest absolute Gasteiger partial charge is 0.423 e. The van der Waals surface area contributed by atoms with Crippen LogP contribution >= 0.6 is 34.8 Å². The highest BCUT2D eigenvalue weighted by atomic mass is 35.5. The van der Waals surface area contributed by atoms with Gasteiger partial charge < -0.3 is 10.5 Å². The Morgan fingerprint density at radius 3 is 2.67 bits per heavy atom. The summed E-state index contributed by atoms with van der Waals surface area (Å²) in [7, 11) is 0. The summed E-state index contributed by atoms with van der Waals surface area (Å²) >= 11 is 17.8. The molecular formula is C10H6Cl3N3O2. The topological polar surface area (TPSA) is 70.1 Å². The van der Waals surface area contributed by atoms with Crippen LogP contribution in [0, 0.1) is 0 Å². The second-order valence-corrected chi connectivity index (χ2v) is 4.38. The lowest BCUT2D eigenvalue weighted by Crippen LogP contribution is -2.03. The molecule has 0 radical (unpaired) electrons. The van der Waals surface area contributed by atoms with Gasteiger partial charge in [0.25, 0.3) is 6.47 Å². The monoisotopic (exact) mass is 305 g/mol. The third kappa shape index (κ3) is 2.12. The molecule has 0 saturated heterocycles. The highest BCUT2D eigenvalue weighted by Crippen LogP contribution is 2.36. The van der Waals surface area contributed by atoms with Crippen LogP contribution in [0.1, 0.15) is 0 Å². The van der Waals surface area contributed by atoms with Crippen LogP contribution in [0.3, 0.4) is 0 Å². The minimum atomic E-state index is 0.127. The quantitative estimate of drug-likeness (QED) is 0.699. The van der Waals surface area contributed by atoms with Crippen molar-refractivity contribution in [2.24, 2.45) is 0 Å². The van der Waals surface area contributed by atoms with Gasteiger partial charge in [-0.2, -0.15) is 5.10 Å². The van der Waals surface area contributed by atoms with E-state index in [0.29, 0.717) is 10.7 Å². The molecule has 0 aliphatic carbocycles. The molecule has 1 aromatic carbocycles. The van der Waals surface area contributed by atoms with Crippen LogP contribution in [0.25, 0.3) is 5.69 Å². The number of hydrogen-bond acceptors (Lipinski definition) is 4. The van der Waals surface area contributed by atoms with Gasteiger partial charge in [-0.1, -0.05) is 34.8 Å². The molecule has 0 fully saturated rings. The van der Waals surface area contributed by atoms with E-state index in [0.717, 1.165) is 0 Å². The van der Waals surface area contributed by atoms with Crippen LogP contribution in [-0.2, 0) is 4.79 Å². The Kier molecular flexibility index (Phi) is 3.65. The predicted molar refractivity (Wildman–Crippen MR) is 69.7 cm³/mol. The van der Waals surface area contributed by atoms with Gasteiger partial charge in [0, 0.05) is 0 Å². The van der Waals surface area contributed by atoms with E-state index >= 15 is 0 Å². The van der Waals surface area contributed by atoms with Gasteiger partial charge in [0.2, 0.25) is 0 Å². The zero-order valence-corrected chi connectivity index (χ0v) is 11.0. The van der Waals surface area contributed by atoms with E-state index < -0.39 is 0 Å². The number of nitrogens with zero attached hydrogens (tertiary/aromatic N) is 2. The van der Waals surface area contributed by atoms with E-state index in [4.69, 9.17) is 40.5 Å². The number of carbonyl (C=O) groups excluding carboxylic acids is 1. The molecule has 0 saturated carbocycles. The first-order chi connectivity index (χ1) is 8.56. The molecule has 5 nitrogen and oxygen atoms in total. The van der Waals surface area contributed by atoms with Crippen LogP contribution in [0.2, 0.25) is 15.1 Å². The molecule has 2 N–H and O–H groups in total. The molecule has 1 aromatic heterocycles. The lowest BCUT2D eigenvalue weighted by molar-refractivity contribution is -0.120. The summed E-state index contributed by atoms with van der Waals surface area (Å²) in [5.74, 6) is 0.259. The lowest BCUT2D eigenvalue weighted by atomic mass is 10.3. The molecule has 0 spiro atoms. The van der Waals surface area contributed by atoms with E-state index in [1.807, 2.05) is 0 Å². The van der Waals surface area contributed by atoms with Crippen LogP contribution in [-0.4, -0.2) is 16.3 Å². The minimum absolute atomic E-state index is 0.127. The third-order valence-electron chi connectivity index (χ3n) is 2.19. The number of nitrogens with two attached hydrogens (primary N) is 1. The normalized spacial score (nSPS) is 10.4. The molecule has 0 unspecified atom stereocenters. The minimum Gasteiger partial charge on any atom is -0.423 e. The van der Waals surface area contributed by atoms with Crippen molar-refractivity contribution in [3.8, 4) is 11.4 Å². The van der Waals surface area contributed by atoms with Gasteiger partial charge in [-0.15, -0.1) is 0 Å². The smallest absolute Gasteiger partial charge is 0.298 e. The first kappa shape index (κ1) is 13.0. The fourth-order valence-electron chi connectivity index (χ4n) is 1.36. The molecule has 8 heteroatoms. The fraction of sp³-hybridized carbons (Fsp3) is 0. The van der Waals surface area contributed by atoms with Gasteiger partial charge >= 0.3 is 0 Å². The number of halogens is 3. The summed E-state index contributed by atoms with van der Waals surface area (Å²) in [6.45, 7) is 0.258. The van der Waals surface area contributed by atoms with Crippen LogP contribution in [0.15, 0.2) is 18.3 Å². The second-order valence-electron chi connectivity index (χ2n) is 3.21. The highest BCUT2D eigenvalue weighted by molar-refractivity contribution is 6.48. The fourth-order valence-corrected chi connectivity index (χ4v) is 1.97. The number of hydrogen-bond donors (Lipinski definition) is 1.